The Labute approximate surface area is 128 Å². The van der Waals surface area contributed by atoms with Gasteiger partial charge in [0.25, 0.3) is 0 Å². The van der Waals surface area contributed by atoms with Gasteiger partial charge in [0.2, 0.25) is 5.91 Å². The number of benzene rings is 1. The topological polar surface area (TPSA) is 85.2 Å². The first kappa shape index (κ1) is 16.8. The van der Waals surface area contributed by atoms with Crippen LogP contribution in [0.3, 0.4) is 0 Å². The molecule has 21 heavy (non-hydrogen) atoms. The van der Waals surface area contributed by atoms with E-state index in [0.717, 1.165) is 6.42 Å². The van der Waals surface area contributed by atoms with Gasteiger partial charge in [-0.05, 0) is 24.6 Å². The molecule has 0 aliphatic rings. The van der Waals surface area contributed by atoms with E-state index >= 15 is 0 Å². The minimum absolute atomic E-state index is 0.0319. The molecule has 0 fully saturated rings. The van der Waals surface area contributed by atoms with Crippen molar-refractivity contribution in [1.29, 1.82) is 5.26 Å². The predicted molar refractivity (Wildman–Crippen MR) is 81.1 cm³/mol. The number of nitrogens with zero attached hydrogens (tertiary/aromatic N) is 2. The van der Waals surface area contributed by atoms with E-state index in [9.17, 15) is 9.59 Å². The highest BCUT2D eigenvalue weighted by Gasteiger charge is 2.13. The maximum absolute atomic E-state index is 11.9. The predicted octanol–water partition coefficient (Wildman–Crippen LogP) is 2.20. The van der Waals surface area contributed by atoms with Gasteiger partial charge in [0, 0.05) is 19.3 Å². The van der Waals surface area contributed by atoms with Crippen LogP contribution in [0.5, 0.6) is 0 Å². The Bertz CT molecular complexity index is 569. The van der Waals surface area contributed by atoms with E-state index in [1.807, 2.05) is 13.0 Å². The molecule has 7 heteroatoms. The lowest BCUT2D eigenvalue weighted by Crippen LogP contribution is -2.40. The number of anilines is 1. The van der Waals surface area contributed by atoms with Gasteiger partial charge >= 0.3 is 6.03 Å². The largest absolute Gasteiger partial charge is 0.355 e. The fraction of sp³-hybridized carbons (Fsp3) is 0.357. The van der Waals surface area contributed by atoms with E-state index in [2.05, 4.69) is 10.6 Å². The zero-order chi connectivity index (χ0) is 15.8. The second kappa shape index (κ2) is 8.12. The summed E-state index contributed by atoms with van der Waals surface area (Å²) in [6, 6.07) is 6.09. The standard InChI is InChI=1S/C14H17ClN4O2/c1-3-6-17-13(20)9-19(2)14(21)18-11-5-4-10(8-16)12(15)7-11/h4-5,7H,3,6,9H2,1-2H3,(H,17,20)(H,18,21). The molecule has 0 saturated carbocycles. The van der Waals surface area contributed by atoms with E-state index in [-0.39, 0.29) is 17.5 Å². The average molecular weight is 309 g/mol. The van der Waals surface area contributed by atoms with Crippen molar-refractivity contribution in [1.82, 2.24) is 10.2 Å². The van der Waals surface area contributed by atoms with Gasteiger partial charge in [-0.1, -0.05) is 18.5 Å². The molecule has 3 amide bonds. The van der Waals surface area contributed by atoms with Crippen LogP contribution >= 0.6 is 11.6 Å². The van der Waals surface area contributed by atoms with E-state index in [1.54, 1.807) is 6.07 Å². The lowest BCUT2D eigenvalue weighted by molar-refractivity contribution is -0.121. The van der Waals surface area contributed by atoms with Gasteiger partial charge in [-0.3, -0.25) is 4.79 Å². The first-order chi connectivity index (χ1) is 9.97. The molecule has 0 radical (unpaired) electrons. The molecule has 0 aliphatic carbocycles. The van der Waals surface area contributed by atoms with Crippen molar-refractivity contribution in [3.8, 4) is 6.07 Å². The third-order valence-electron chi connectivity index (χ3n) is 2.64. The summed E-state index contributed by atoms with van der Waals surface area (Å²) in [7, 11) is 1.52. The normalized spacial score (nSPS) is 9.62. The molecule has 112 valence electrons. The van der Waals surface area contributed by atoms with Gasteiger partial charge in [-0.2, -0.15) is 5.26 Å². The number of carbonyl (C=O) groups is 2. The van der Waals surface area contributed by atoms with Gasteiger partial charge in [-0.15, -0.1) is 0 Å². The minimum atomic E-state index is -0.428. The smallest absolute Gasteiger partial charge is 0.322 e. The number of nitrogens with one attached hydrogen (secondary N) is 2. The van der Waals surface area contributed by atoms with Crippen LogP contribution < -0.4 is 10.6 Å². The SMILES string of the molecule is CCCNC(=O)CN(C)C(=O)Nc1ccc(C#N)c(Cl)c1. The first-order valence-electron chi connectivity index (χ1n) is 6.46. The highest BCUT2D eigenvalue weighted by atomic mass is 35.5. The Balaban J connectivity index is 2.58. The number of carbonyl (C=O) groups excluding carboxylic acids is 2. The molecule has 0 aliphatic heterocycles. The molecule has 1 aromatic carbocycles. The van der Waals surface area contributed by atoms with E-state index in [4.69, 9.17) is 16.9 Å². The number of likely N-dealkylation sites (N-methyl/N-ethyl adjacent to an activating group) is 1. The summed E-state index contributed by atoms with van der Waals surface area (Å²) in [6.07, 6.45) is 0.839. The van der Waals surface area contributed by atoms with Crippen LogP contribution in [0.2, 0.25) is 5.02 Å². The van der Waals surface area contributed by atoms with Gasteiger partial charge in [0.1, 0.15) is 12.6 Å². The lowest BCUT2D eigenvalue weighted by Gasteiger charge is -2.17. The van der Waals surface area contributed by atoms with E-state index < -0.39 is 6.03 Å². The molecular weight excluding hydrogens is 292 g/mol. The quantitative estimate of drug-likeness (QED) is 0.874. The van der Waals surface area contributed by atoms with E-state index in [1.165, 1.54) is 24.1 Å². The Morgan fingerprint density at radius 2 is 2.14 bits per heavy atom. The molecular formula is C14H17ClN4O2. The number of hydrogen-bond donors (Lipinski definition) is 2. The number of hydrogen-bond acceptors (Lipinski definition) is 3. The monoisotopic (exact) mass is 308 g/mol. The third kappa shape index (κ3) is 5.32. The lowest BCUT2D eigenvalue weighted by atomic mass is 10.2. The van der Waals surface area contributed by atoms with Crippen molar-refractivity contribution in [2.45, 2.75) is 13.3 Å². The summed E-state index contributed by atoms with van der Waals surface area (Å²) in [6.45, 7) is 2.50. The van der Waals surface area contributed by atoms with Gasteiger partial charge in [0.15, 0.2) is 0 Å². The summed E-state index contributed by atoms with van der Waals surface area (Å²) < 4.78 is 0. The van der Waals surface area contributed by atoms with Gasteiger partial charge < -0.3 is 15.5 Å². The molecule has 0 heterocycles. The Morgan fingerprint density at radius 3 is 2.71 bits per heavy atom. The van der Waals surface area contributed by atoms with Crippen molar-refractivity contribution in [2.75, 3.05) is 25.5 Å². The second-order valence-electron chi connectivity index (χ2n) is 4.44. The zero-order valence-corrected chi connectivity index (χ0v) is 12.7. The van der Waals surface area contributed by atoms with Gasteiger partial charge in [0.05, 0.1) is 10.6 Å². The highest BCUT2D eigenvalue weighted by molar-refractivity contribution is 6.32. The van der Waals surface area contributed by atoms with Crippen molar-refractivity contribution < 1.29 is 9.59 Å². The van der Waals surface area contributed by atoms with Crippen LogP contribution in [-0.2, 0) is 4.79 Å². The van der Waals surface area contributed by atoms with Crippen LogP contribution in [0, 0.1) is 11.3 Å². The zero-order valence-electron chi connectivity index (χ0n) is 11.9. The third-order valence-corrected chi connectivity index (χ3v) is 2.95. The number of amides is 3. The maximum atomic E-state index is 11.9. The Morgan fingerprint density at radius 1 is 1.43 bits per heavy atom. The molecule has 0 spiro atoms. The van der Waals surface area contributed by atoms with Crippen LogP contribution in [-0.4, -0.2) is 37.0 Å². The number of halogens is 1. The number of nitriles is 1. The van der Waals surface area contributed by atoms with Gasteiger partial charge in [-0.25, -0.2) is 4.79 Å². The fourth-order valence-electron chi connectivity index (χ4n) is 1.51. The second-order valence-corrected chi connectivity index (χ2v) is 4.85. The summed E-state index contributed by atoms with van der Waals surface area (Å²) in [5.74, 6) is -0.215. The number of urea groups is 1. The Kier molecular flexibility index (Phi) is 6.50. The molecule has 6 nitrogen and oxygen atoms in total. The molecule has 0 atom stereocenters. The maximum Gasteiger partial charge on any atom is 0.322 e. The van der Waals surface area contributed by atoms with Crippen molar-refractivity contribution in [2.24, 2.45) is 0 Å². The summed E-state index contributed by atoms with van der Waals surface area (Å²) in [4.78, 5) is 24.7. The summed E-state index contributed by atoms with van der Waals surface area (Å²) >= 11 is 5.88. The van der Waals surface area contributed by atoms with Crippen molar-refractivity contribution in [3.63, 3.8) is 0 Å². The molecule has 1 rings (SSSR count). The average Bonchev–Trinajstić information content (AvgIpc) is 2.45. The van der Waals surface area contributed by atoms with Crippen molar-refractivity contribution in [3.05, 3.63) is 28.8 Å². The molecule has 1 aromatic rings. The molecule has 0 bridgehead atoms. The Hall–Kier alpha value is -2.26. The molecule has 0 unspecified atom stereocenters. The fourth-order valence-corrected chi connectivity index (χ4v) is 1.73. The molecule has 2 N–H and O–H groups in total. The van der Waals surface area contributed by atoms with Crippen LogP contribution in [0.25, 0.3) is 0 Å². The minimum Gasteiger partial charge on any atom is -0.355 e. The summed E-state index contributed by atoms with van der Waals surface area (Å²) in [5, 5.41) is 14.3. The molecule has 0 saturated heterocycles. The van der Waals surface area contributed by atoms with Crippen LogP contribution in [0.4, 0.5) is 10.5 Å². The van der Waals surface area contributed by atoms with Crippen molar-refractivity contribution >= 4 is 29.2 Å². The molecule has 0 aromatic heterocycles. The van der Waals surface area contributed by atoms with Crippen LogP contribution in [0.1, 0.15) is 18.9 Å². The first-order valence-corrected chi connectivity index (χ1v) is 6.84. The van der Waals surface area contributed by atoms with E-state index in [0.29, 0.717) is 17.8 Å². The number of rotatable bonds is 5. The van der Waals surface area contributed by atoms with Crippen LogP contribution in [0.15, 0.2) is 18.2 Å². The highest BCUT2D eigenvalue weighted by Crippen LogP contribution is 2.20. The summed E-state index contributed by atoms with van der Waals surface area (Å²) in [5.41, 5.74) is 0.798.